The lowest BCUT2D eigenvalue weighted by atomic mass is 9.71. The Hall–Kier alpha value is -1.90. The van der Waals surface area contributed by atoms with Gasteiger partial charge in [-0.1, -0.05) is 52.4 Å². The number of anilines is 2. The molecule has 0 spiro atoms. The van der Waals surface area contributed by atoms with Gasteiger partial charge in [0, 0.05) is 0 Å². The number of nitrogens with two attached hydrogens (primary N) is 2. The molecule has 0 fully saturated rings. The van der Waals surface area contributed by atoms with Crippen molar-refractivity contribution < 1.29 is 26.3 Å². The van der Waals surface area contributed by atoms with Gasteiger partial charge in [0.2, 0.25) is 5.41 Å². The van der Waals surface area contributed by atoms with Crippen LogP contribution in [0.2, 0.25) is 0 Å². The number of alkyl halides is 7. The molecule has 0 heterocycles. The first-order valence-electron chi connectivity index (χ1n) is 7.29. The zero-order chi connectivity index (χ0) is 20.0. The molecule has 0 aliphatic heterocycles. The molecule has 9 heteroatoms. The van der Waals surface area contributed by atoms with Gasteiger partial charge in [0.1, 0.15) is 0 Å². The van der Waals surface area contributed by atoms with E-state index in [1.807, 2.05) is 0 Å². The Labute approximate surface area is 154 Å². The van der Waals surface area contributed by atoms with Gasteiger partial charge in [-0.25, -0.2) is 0 Å². The highest BCUT2D eigenvalue weighted by atomic mass is 79.9. The molecule has 1 atom stereocenters. The number of allylic oxidation sites excluding steroid dienone is 6. The van der Waals surface area contributed by atoms with Crippen molar-refractivity contribution in [2.45, 2.75) is 29.0 Å². The summed E-state index contributed by atoms with van der Waals surface area (Å²) >= 11 is 3.21. The van der Waals surface area contributed by atoms with Crippen LogP contribution in [0, 0.1) is 0 Å². The fourth-order valence-electron chi connectivity index (χ4n) is 2.74. The van der Waals surface area contributed by atoms with Crippen molar-refractivity contribution in [1.82, 2.24) is 0 Å². The van der Waals surface area contributed by atoms with E-state index in [-0.39, 0.29) is 11.4 Å². The van der Waals surface area contributed by atoms with Crippen LogP contribution in [0.15, 0.2) is 54.2 Å². The Kier molecular flexibility index (Phi) is 5.00. The zero-order valence-electron chi connectivity index (χ0n) is 13.4. The molecule has 0 radical (unpaired) electrons. The minimum atomic E-state index is -5.68. The van der Waals surface area contributed by atoms with E-state index in [1.54, 1.807) is 6.92 Å². The first kappa shape index (κ1) is 20.4. The maximum Gasteiger partial charge on any atom is 0.411 e. The molecule has 1 aliphatic rings. The maximum atomic E-state index is 14.0. The number of nitrogen functional groups attached to an aromatic ring is 2. The molecule has 1 aliphatic carbocycles. The number of hydrogen-bond acceptors (Lipinski definition) is 2. The maximum absolute atomic E-state index is 14.0. The van der Waals surface area contributed by atoms with Crippen molar-refractivity contribution in [2.24, 2.45) is 0 Å². The largest absolute Gasteiger partial charge is 0.411 e. The summed E-state index contributed by atoms with van der Waals surface area (Å²) in [5.74, 6) is 0. The summed E-state index contributed by atoms with van der Waals surface area (Å²) in [6.07, 6.45) is -5.92. The third-order valence-electron chi connectivity index (χ3n) is 4.09. The zero-order valence-corrected chi connectivity index (χ0v) is 15.0. The van der Waals surface area contributed by atoms with Crippen LogP contribution in [0.25, 0.3) is 0 Å². The molecule has 1 aromatic rings. The summed E-state index contributed by atoms with van der Waals surface area (Å²) in [5.41, 5.74) is 4.20. The number of halogens is 7. The van der Waals surface area contributed by atoms with Crippen LogP contribution >= 0.6 is 15.9 Å². The van der Waals surface area contributed by atoms with Crippen LogP contribution in [-0.4, -0.2) is 16.7 Å². The predicted molar refractivity (Wildman–Crippen MR) is 92.7 cm³/mol. The third-order valence-corrected chi connectivity index (χ3v) is 4.62. The van der Waals surface area contributed by atoms with Crippen molar-refractivity contribution in [3.8, 4) is 0 Å². The molecule has 26 heavy (non-hydrogen) atoms. The van der Waals surface area contributed by atoms with Crippen molar-refractivity contribution in [3.05, 3.63) is 59.7 Å². The van der Waals surface area contributed by atoms with Crippen molar-refractivity contribution in [3.63, 3.8) is 0 Å². The van der Waals surface area contributed by atoms with E-state index in [2.05, 4.69) is 15.9 Å². The van der Waals surface area contributed by atoms with Gasteiger partial charge in [-0.15, -0.1) is 0 Å². The van der Waals surface area contributed by atoms with Gasteiger partial charge in [-0.05, 0) is 30.2 Å². The van der Waals surface area contributed by atoms with Gasteiger partial charge in [0.25, 0.3) is 0 Å². The van der Waals surface area contributed by atoms with Gasteiger partial charge in [-0.3, -0.25) is 0 Å². The molecular weight excluding hydrogens is 426 g/mol. The molecule has 0 saturated heterocycles. The first-order valence-corrected chi connectivity index (χ1v) is 8.09. The summed E-state index contributed by atoms with van der Waals surface area (Å²) < 4.78 is 83.1. The van der Waals surface area contributed by atoms with Crippen LogP contribution in [0.4, 0.5) is 37.7 Å². The Bertz CT molecular complexity index is 773. The third kappa shape index (κ3) is 3.36. The molecule has 4 N–H and O–H groups in total. The molecule has 0 saturated carbocycles. The van der Waals surface area contributed by atoms with Crippen molar-refractivity contribution in [2.75, 3.05) is 11.5 Å². The number of hydrogen-bond donors (Lipinski definition) is 2. The fourth-order valence-corrected chi connectivity index (χ4v) is 3.03. The lowest BCUT2D eigenvalue weighted by Gasteiger charge is -2.39. The van der Waals surface area contributed by atoms with Crippen molar-refractivity contribution >= 4 is 27.3 Å². The number of rotatable bonds is 2. The molecule has 0 bridgehead atoms. The van der Waals surface area contributed by atoms with E-state index in [1.165, 1.54) is 12.2 Å². The lowest BCUT2D eigenvalue weighted by molar-refractivity contribution is -0.288. The Morgan fingerprint density at radius 3 is 2.00 bits per heavy atom. The molecule has 142 valence electrons. The normalized spacial score (nSPS) is 21.5. The molecule has 2 rings (SSSR count). The second kappa shape index (κ2) is 6.37. The van der Waals surface area contributed by atoms with Crippen LogP contribution in [-0.2, 0) is 5.41 Å². The average molecular weight is 441 g/mol. The van der Waals surface area contributed by atoms with Gasteiger partial charge < -0.3 is 11.5 Å². The van der Waals surface area contributed by atoms with Gasteiger partial charge in [-0.2, -0.15) is 26.3 Å². The summed E-state index contributed by atoms with van der Waals surface area (Å²) in [5, 5.41) is 0. The van der Waals surface area contributed by atoms with Crippen LogP contribution in [0.5, 0.6) is 0 Å². The molecule has 1 unspecified atom stereocenters. The van der Waals surface area contributed by atoms with Gasteiger partial charge >= 0.3 is 12.4 Å². The molecule has 0 aromatic heterocycles. The topological polar surface area (TPSA) is 52.0 Å². The SMILES string of the molecule is CC1(Br)C=CC=C(C(c2ccc(N)c(N)c2)(C(F)(F)F)C(F)(F)F)C=C1. The summed E-state index contributed by atoms with van der Waals surface area (Å²) in [7, 11) is 0. The predicted octanol–water partition coefficient (Wildman–Crippen LogP) is 5.42. The summed E-state index contributed by atoms with van der Waals surface area (Å²) in [4.78, 5) is 0. The Morgan fingerprint density at radius 1 is 0.923 bits per heavy atom. The first-order chi connectivity index (χ1) is 11.7. The van der Waals surface area contributed by atoms with Crippen LogP contribution in [0.3, 0.4) is 0 Å². The molecule has 2 nitrogen and oxygen atoms in total. The fraction of sp³-hybridized carbons (Fsp3) is 0.294. The second-order valence-corrected chi connectivity index (χ2v) is 7.76. The quantitative estimate of drug-likeness (QED) is 0.366. The van der Waals surface area contributed by atoms with Gasteiger partial charge in [0.05, 0.1) is 15.7 Å². The number of benzene rings is 1. The highest BCUT2D eigenvalue weighted by molar-refractivity contribution is 9.10. The van der Waals surface area contributed by atoms with Gasteiger partial charge in [0.15, 0.2) is 0 Å². The standard InChI is InChI=1S/C17H15BrF6N2/c1-14(18)7-2-3-10(6-8-14)15(16(19,20)21,17(22,23)24)11-4-5-12(25)13(26)9-11/h2-9H,25-26H2,1H3. The minimum Gasteiger partial charge on any atom is -0.397 e. The highest BCUT2D eigenvalue weighted by Crippen LogP contribution is 2.57. The van der Waals surface area contributed by atoms with E-state index in [4.69, 9.17) is 11.5 Å². The van der Waals surface area contributed by atoms with Crippen molar-refractivity contribution in [1.29, 1.82) is 0 Å². The minimum absolute atomic E-state index is 0.106. The summed E-state index contributed by atoms with van der Waals surface area (Å²) in [6, 6.07) is 2.25. The highest BCUT2D eigenvalue weighted by Gasteiger charge is 2.73. The average Bonchev–Trinajstić information content (AvgIpc) is 2.62. The van der Waals surface area contributed by atoms with E-state index >= 15 is 0 Å². The monoisotopic (exact) mass is 440 g/mol. The lowest BCUT2D eigenvalue weighted by Crippen LogP contribution is -2.55. The second-order valence-electron chi connectivity index (χ2n) is 6.05. The van der Waals surface area contributed by atoms with E-state index in [9.17, 15) is 26.3 Å². The molecular formula is C17H15BrF6N2. The van der Waals surface area contributed by atoms with E-state index in [0.29, 0.717) is 12.1 Å². The summed E-state index contributed by atoms with van der Waals surface area (Å²) in [6.45, 7) is 1.58. The van der Waals surface area contributed by atoms with E-state index < -0.39 is 33.2 Å². The molecule has 0 amide bonds. The smallest absolute Gasteiger partial charge is 0.397 e. The van der Waals surface area contributed by atoms with Crippen LogP contribution < -0.4 is 11.5 Å². The Balaban J connectivity index is 2.88. The van der Waals surface area contributed by atoms with E-state index in [0.717, 1.165) is 24.3 Å². The Morgan fingerprint density at radius 2 is 1.50 bits per heavy atom. The van der Waals surface area contributed by atoms with Crippen LogP contribution in [0.1, 0.15) is 12.5 Å². The molecule has 1 aromatic carbocycles.